The van der Waals surface area contributed by atoms with Gasteiger partial charge in [0, 0.05) is 21.9 Å². The van der Waals surface area contributed by atoms with Crippen LogP contribution in [-0.4, -0.2) is 64.8 Å². The minimum Gasteiger partial charge on any atom is -0.491 e. The maximum Gasteiger partial charge on any atom is 0.333 e. The molecule has 0 saturated heterocycles. The Labute approximate surface area is 200 Å². The van der Waals surface area contributed by atoms with Crippen LogP contribution in [0.25, 0.3) is 10.8 Å². The van der Waals surface area contributed by atoms with Gasteiger partial charge in [-0.3, -0.25) is 0 Å². The molecule has 0 spiro atoms. The zero-order valence-corrected chi connectivity index (χ0v) is 19.8. The van der Waals surface area contributed by atoms with E-state index in [-0.39, 0.29) is 26.4 Å². The number of hydrogen-bond acceptors (Lipinski definition) is 8. The van der Waals surface area contributed by atoms with Crippen molar-refractivity contribution in [2.45, 2.75) is 13.8 Å². The molecule has 0 aromatic heterocycles. The van der Waals surface area contributed by atoms with Crippen molar-refractivity contribution in [1.82, 2.24) is 0 Å². The second-order valence-corrected chi connectivity index (χ2v) is 7.36. The molecular formula is C26H32O8. The number of carbonyl (C=O) groups is 2. The molecule has 184 valence electrons. The first kappa shape index (κ1) is 26.9. The van der Waals surface area contributed by atoms with Gasteiger partial charge in [0.1, 0.15) is 37.9 Å². The summed E-state index contributed by atoms with van der Waals surface area (Å²) < 4.78 is 32.6. The topological polar surface area (TPSA) is 89.5 Å². The van der Waals surface area contributed by atoms with Crippen LogP contribution in [0.1, 0.15) is 13.8 Å². The van der Waals surface area contributed by atoms with E-state index in [0.717, 1.165) is 22.3 Å². The Bertz CT molecular complexity index is 903. The lowest BCUT2D eigenvalue weighted by Crippen LogP contribution is -2.14. The van der Waals surface area contributed by atoms with Gasteiger partial charge in [0.25, 0.3) is 0 Å². The molecule has 2 aromatic rings. The van der Waals surface area contributed by atoms with Crippen LogP contribution in [-0.2, 0) is 28.5 Å². The minimum absolute atomic E-state index is 0.171. The lowest BCUT2D eigenvalue weighted by molar-refractivity contribution is -0.141. The Balaban J connectivity index is 1.73. The van der Waals surface area contributed by atoms with E-state index in [1.54, 1.807) is 13.8 Å². The molecular weight excluding hydrogens is 440 g/mol. The monoisotopic (exact) mass is 472 g/mol. The van der Waals surface area contributed by atoms with Crippen LogP contribution in [0.5, 0.6) is 11.5 Å². The van der Waals surface area contributed by atoms with Gasteiger partial charge in [-0.15, -0.1) is 0 Å². The van der Waals surface area contributed by atoms with Crippen LogP contribution in [0.4, 0.5) is 0 Å². The van der Waals surface area contributed by atoms with Crippen LogP contribution in [0.15, 0.2) is 60.7 Å². The summed E-state index contributed by atoms with van der Waals surface area (Å²) in [5, 5.41) is 1.84. The average Bonchev–Trinajstić information content (AvgIpc) is 2.83. The fourth-order valence-corrected chi connectivity index (χ4v) is 2.75. The Morgan fingerprint density at radius 3 is 1.38 bits per heavy atom. The molecule has 0 atom stereocenters. The van der Waals surface area contributed by atoms with Gasteiger partial charge in [0.15, 0.2) is 0 Å². The summed E-state index contributed by atoms with van der Waals surface area (Å²) >= 11 is 0. The van der Waals surface area contributed by atoms with Crippen LogP contribution in [0, 0.1) is 0 Å². The van der Waals surface area contributed by atoms with E-state index < -0.39 is 11.9 Å². The number of rotatable bonds is 16. The molecule has 8 heteroatoms. The first-order valence-corrected chi connectivity index (χ1v) is 11.0. The van der Waals surface area contributed by atoms with Gasteiger partial charge >= 0.3 is 11.9 Å². The summed E-state index contributed by atoms with van der Waals surface area (Å²) in [4.78, 5) is 22.6. The third kappa shape index (κ3) is 9.25. The van der Waals surface area contributed by atoms with E-state index in [0.29, 0.717) is 37.6 Å². The summed E-state index contributed by atoms with van der Waals surface area (Å²) in [5.41, 5.74) is 0.716. The molecule has 0 unspecified atom stereocenters. The predicted octanol–water partition coefficient (Wildman–Crippen LogP) is 3.87. The third-order valence-corrected chi connectivity index (χ3v) is 4.43. The molecule has 0 heterocycles. The predicted molar refractivity (Wildman–Crippen MR) is 128 cm³/mol. The molecule has 0 bridgehead atoms. The smallest absolute Gasteiger partial charge is 0.333 e. The van der Waals surface area contributed by atoms with E-state index in [9.17, 15) is 9.59 Å². The molecule has 0 aliphatic carbocycles. The Hall–Kier alpha value is -3.36. The molecule has 0 radical (unpaired) electrons. The van der Waals surface area contributed by atoms with Crippen LogP contribution >= 0.6 is 0 Å². The largest absolute Gasteiger partial charge is 0.491 e. The number of ether oxygens (including phenoxy) is 6. The van der Waals surface area contributed by atoms with Gasteiger partial charge in [0.2, 0.25) is 0 Å². The first-order chi connectivity index (χ1) is 16.4. The Morgan fingerprint density at radius 2 is 1.00 bits per heavy atom. The van der Waals surface area contributed by atoms with E-state index >= 15 is 0 Å². The van der Waals surface area contributed by atoms with Crippen LogP contribution in [0.3, 0.4) is 0 Å². The summed E-state index contributed by atoms with van der Waals surface area (Å²) in [6.45, 7) is 12.6. The number of hydrogen-bond donors (Lipinski definition) is 0. The summed E-state index contributed by atoms with van der Waals surface area (Å²) in [7, 11) is 0. The van der Waals surface area contributed by atoms with Crippen molar-refractivity contribution in [3.63, 3.8) is 0 Å². The Kier molecular flexibility index (Phi) is 11.6. The number of esters is 2. The van der Waals surface area contributed by atoms with Crippen molar-refractivity contribution in [1.29, 1.82) is 0 Å². The molecule has 0 aliphatic heterocycles. The molecule has 2 aromatic carbocycles. The van der Waals surface area contributed by atoms with E-state index in [1.165, 1.54) is 0 Å². The average molecular weight is 473 g/mol. The van der Waals surface area contributed by atoms with E-state index in [4.69, 9.17) is 28.4 Å². The molecule has 0 amide bonds. The SMILES string of the molecule is C=C(C)C(=O)OCCOCCOc1ccc(OCCOCCOC(=O)C(=C)C)c2ccccc12. The maximum absolute atomic E-state index is 11.3. The highest BCUT2D eigenvalue weighted by Gasteiger charge is 2.08. The van der Waals surface area contributed by atoms with Gasteiger partial charge in [-0.05, 0) is 26.0 Å². The van der Waals surface area contributed by atoms with Crippen molar-refractivity contribution >= 4 is 22.7 Å². The number of carbonyl (C=O) groups excluding carboxylic acids is 2. The van der Waals surface area contributed by atoms with Crippen LogP contribution in [0.2, 0.25) is 0 Å². The molecule has 2 rings (SSSR count). The lowest BCUT2D eigenvalue weighted by Gasteiger charge is -2.14. The van der Waals surface area contributed by atoms with E-state index in [2.05, 4.69) is 13.2 Å². The first-order valence-electron chi connectivity index (χ1n) is 11.0. The Morgan fingerprint density at radius 1 is 0.618 bits per heavy atom. The van der Waals surface area contributed by atoms with Gasteiger partial charge in [-0.1, -0.05) is 37.4 Å². The fraction of sp³-hybridized carbons (Fsp3) is 0.385. The highest BCUT2D eigenvalue weighted by molar-refractivity contribution is 5.93. The molecule has 0 aliphatic rings. The van der Waals surface area contributed by atoms with Crippen molar-refractivity contribution in [2.24, 2.45) is 0 Å². The van der Waals surface area contributed by atoms with E-state index in [1.807, 2.05) is 36.4 Å². The number of benzene rings is 2. The zero-order valence-electron chi connectivity index (χ0n) is 19.8. The number of fused-ring (bicyclic) bond motifs is 1. The molecule has 8 nitrogen and oxygen atoms in total. The van der Waals surface area contributed by atoms with Gasteiger partial charge in [0.05, 0.1) is 26.4 Å². The second-order valence-electron chi connectivity index (χ2n) is 7.36. The highest BCUT2D eigenvalue weighted by Crippen LogP contribution is 2.33. The van der Waals surface area contributed by atoms with Crippen molar-refractivity contribution in [2.75, 3.05) is 52.9 Å². The lowest BCUT2D eigenvalue weighted by atomic mass is 10.1. The molecule has 0 fully saturated rings. The third-order valence-electron chi connectivity index (χ3n) is 4.43. The van der Waals surface area contributed by atoms with Gasteiger partial charge in [-0.2, -0.15) is 0 Å². The van der Waals surface area contributed by atoms with Crippen LogP contribution < -0.4 is 9.47 Å². The fourth-order valence-electron chi connectivity index (χ4n) is 2.75. The zero-order chi connectivity index (χ0) is 24.8. The molecule has 0 saturated carbocycles. The normalized spacial score (nSPS) is 10.5. The molecule has 34 heavy (non-hydrogen) atoms. The molecule has 0 N–H and O–H groups in total. The standard InChI is InChI=1S/C26H32O8/c1-19(2)25(27)33-17-13-29-11-15-31-23-9-10-24(22-8-6-5-7-21(22)23)32-16-12-30-14-18-34-26(28)20(3)4/h5-10H,1,3,11-18H2,2,4H3. The van der Waals surface area contributed by atoms with Gasteiger partial charge < -0.3 is 28.4 Å². The second kappa shape index (κ2) is 14.7. The maximum atomic E-state index is 11.3. The van der Waals surface area contributed by atoms with Crippen molar-refractivity contribution in [3.8, 4) is 11.5 Å². The van der Waals surface area contributed by atoms with Crippen molar-refractivity contribution in [3.05, 3.63) is 60.7 Å². The summed E-state index contributed by atoms with van der Waals surface area (Å²) in [6.07, 6.45) is 0. The minimum atomic E-state index is -0.427. The quantitative estimate of drug-likeness (QED) is 0.207. The highest BCUT2D eigenvalue weighted by atomic mass is 16.6. The van der Waals surface area contributed by atoms with Crippen molar-refractivity contribution < 1.29 is 38.0 Å². The van der Waals surface area contributed by atoms with Gasteiger partial charge in [-0.25, -0.2) is 9.59 Å². The summed E-state index contributed by atoms with van der Waals surface area (Å²) in [6, 6.07) is 11.5. The summed E-state index contributed by atoms with van der Waals surface area (Å²) in [5.74, 6) is 0.584.